The summed E-state index contributed by atoms with van der Waals surface area (Å²) in [6, 6.07) is 23.0. The Morgan fingerprint density at radius 2 is 1.52 bits per heavy atom. The molecule has 6 rings (SSSR count). The molecule has 0 spiro atoms. The fourth-order valence-electron chi connectivity index (χ4n) is 6.34. The zero-order valence-electron chi connectivity index (χ0n) is 24.6. The van der Waals surface area contributed by atoms with Crippen LogP contribution in [-0.4, -0.2) is 34.9 Å². The summed E-state index contributed by atoms with van der Waals surface area (Å²) in [5.41, 5.74) is 3.13. The number of nitrogens with zero attached hydrogens (tertiary/aromatic N) is 4. The van der Waals surface area contributed by atoms with Crippen molar-refractivity contribution in [3.63, 3.8) is 0 Å². The number of aromatic nitrogens is 4. The van der Waals surface area contributed by atoms with E-state index < -0.39 is 21.0 Å². The molecule has 219 valence electrons. The van der Waals surface area contributed by atoms with Crippen LogP contribution in [0.3, 0.4) is 0 Å². The van der Waals surface area contributed by atoms with Crippen molar-refractivity contribution in [3.8, 4) is 11.4 Å². The van der Waals surface area contributed by atoms with Crippen LogP contribution in [0.5, 0.6) is 0 Å². The fourth-order valence-corrected chi connectivity index (χ4v) is 8.44. The standard InChI is InChI=1S/C33H36F3N4OSi/c1-20(2)40-29(19-28(39-40)27-15-16-37-31(38-27)33(34,35)36)30-25-17-22(18-26(25)30)41-42(23-9-7-6-8-10-23)24-13-11-21(12-14-24)32(3,4)5/h6-16,19-20,22,25-26,30H,17-18H2,1-5H3. The van der Waals surface area contributed by atoms with Crippen LogP contribution < -0.4 is 10.4 Å². The second-order valence-electron chi connectivity index (χ2n) is 12.8. The zero-order chi connectivity index (χ0) is 29.8. The van der Waals surface area contributed by atoms with Gasteiger partial charge in [-0.3, -0.25) is 4.68 Å². The van der Waals surface area contributed by atoms with Gasteiger partial charge in [-0.25, -0.2) is 9.97 Å². The summed E-state index contributed by atoms with van der Waals surface area (Å²) in [6.07, 6.45) is -1.33. The second kappa shape index (κ2) is 10.8. The first kappa shape index (κ1) is 28.8. The third-order valence-electron chi connectivity index (χ3n) is 8.50. The summed E-state index contributed by atoms with van der Waals surface area (Å²) in [4.78, 5) is 7.18. The molecule has 0 aliphatic heterocycles. The van der Waals surface area contributed by atoms with Gasteiger partial charge < -0.3 is 4.43 Å². The molecule has 4 aromatic rings. The molecule has 0 amide bonds. The Kier molecular flexibility index (Phi) is 7.38. The smallest absolute Gasteiger partial charge is 0.404 e. The number of hydrogen-bond acceptors (Lipinski definition) is 4. The Labute approximate surface area is 246 Å². The van der Waals surface area contributed by atoms with Gasteiger partial charge in [0.2, 0.25) is 5.82 Å². The third-order valence-corrected chi connectivity index (χ3v) is 10.8. The van der Waals surface area contributed by atoms with Crippen LogP contribution in [0.2, 0.25) is 0 Å². The van der Waals surface area contributed by atoms with Crippen molar-refractivity contribution in [1.29, 1.82) is 0 Å². The molecule has 2 saturated carbocycles. The Hall–Kier alpha value is -3.30. The molecule has 5 nitrogen and oxygen atoms in total. The lowest BCUT2D eigenvalue weighted by Gasteiger charge is -2.24. The summed E-state index contributed by atoms with van der Waals surface area (Å²) in [5.74, 6) is 0.148. The maximum absolute atomic E-state index is 13.2. The van der Waals surface area contributed by atoms with E-state index in [1.54, 1.807) is 0 Å². The van der Waals surface area contributed by atoms with Gasteiger partial charge in [0.15, 0.2) is 0 Å². The summed E-state index contributed by atoms with van der Waals surface area (Å²) < 4.78 is 48.6. The zero-order valence-corrected chi connectivity index (χ0v) is 25.6. The van der Waals surface area contributed by atoms with Gasteiger partial charge in [0.05, 0.1) is 5.69 Å². The van der Waals surface area contributed by atoms with Crippen LogP contribution in [0.4, 0.5) is 13.2 Å². The molecule has 42 heavy (non-hydrogen) atoms. The van der Waals surface area contributed by atoms with Crippen LogP contribution in [0.25, 0.3) is 11.4 Å². The van der Waals surface area contributed by atoms with Crippen molar-refractivity contribution < 1.29 is 17.6 Å². The number of alkyl halides is 3. The molecule has 2 heterocycles. The molecule has 2 aromatic carbocycles. The van der Waals surface area contributed by atoms with Gasteiger partial charge in [0.1, 0.15) is 5.69 Å². The summed E-state index contributed by atoms with van der Waals surface area (Å²) in [7, 11) is -1.42. The Bertz CT molecular complexity index is 1530. The maximum Gasteiger partial charge on any atom is 0.451 e. The molecular formula is C33H36F3N4OSi. The lowest BCUT2D eigenvalue weighted by molar-refractivity contribution is -0.144. The van der Waals surface area contributed by atoms with Gasteiger partial charge in [-0.05, 0) is 72.0 Å². The minimum atomic E-state index is -4.60. The van der Waals surface area contributed by atoms with E-state index in [2.05, 4.69) is 79.3 Å². The average Bonchev–Trinajstić information content (AvgIpc) is 3.27. The highest BCUT2D eigenvalue weighted by atomic mass is 28.3. The minimum absolute atomic E-state index is 0.0787. The lowest BCUT2D eigenvalue weighted by Crippen LogP contribution is -2.47. The third kappa shape index (κ3) is 5.68. The Balaban J connectivity index is 1.20. The van der Waals surface area contributed by atoms with Crippen LogP contribution >= 0.6 is 0 Å². The van der Waals surface area contributed by atoms with E-state index in [0.29, 0.717) is 23.4 Å². The molecule has 0 saturated heterocycles. The van der Waals surface area contributed by atoms with Gasteiger partial charge in [-0.2, -0.15) is 18.3 Å². The average molecular weight is 590 g/mol. The number of halogens is 3. The normalized spacial score (nSPS) is 22.1. The lowest BCUT2D eigenvalue weighted by atomic mass is 9.87. The van der Waals surface area contributed by atoms with Crippen LogP contribution in [0.1, 0.15) is 76.5 Å². The molecule has 2 aliphatic rings. The maximum atomic E-state index is 13.2. The van der Waals surface area contributed by atoms with Gasteiger partial charge in [-0.15, -0.1) is 0 Å². The summed E-state index contributed by atoms with van der Waals surface area (Å²) in [6.45, 7) is 10.8. The predicted molar refractivity (Wildman–Crippen MR) is 159 cm³/mol. The van der Waals surface area contributed by atoms with Crippen LogP contribution in [0.15, 0.2) is 72.9 Å². The topological polar surface area (TPSA) is 52.8 Å². The first-order valence-corrected chi connectivity index (χ1v) is 16.0. The van der Waals surface area contributed by atoms with E-state index in [9.17, 15) is 13.2 Å². The first-order valence-electron chi connectivity index (χ1n) is 14.6. The van der Waals surface area contributed by atoms with Crippen molar-refractivity contribution in [2.24, 2.45) is 11.8 Å². The van der Waals surface area contributed by atoms with Gasteiger partial charge in [0, 0.05) is 30.0 Å². The summed E-state index contributed by atoms with van der Waals surface area (Å²) in [5, 5.41) is 7.19. The van der Waals surface area contributed by atoms with E-state index in [1.165, 1.54) is 22.0 Å². The van der Waals surface area contributed by atoms with Crippen molar-refractivity contribution >= 4 is 19.4 Å². The van der Waals surface area contributed by atoms with Crippen LogP contribution in [-0.2, 0) is 16.0 Å². The van der Waals surface area contributed by atoms with E-state index in [0.717, 1.165) is 24.7 Å². The number of rotatable bonds is 7. The molecule has 2 fully saturated rings. The number of fused-ring (bicyclic) bond motifs is 1. The van der Waals surface area contributed by atoms with Crippen molar-refractivity contribution in [3.05, 3.63) is 90.0 Å². The summed E-state index contributed by atoms with van der Waals surface area (Å²) >= 11 is 0. The Morgan fingerprint density at radius 1 is 0.881 bits per heavy atom. The molecular weight excluding hydrogens is 553 g/mol. The molecule has 2 atom stereocenters. The largest absolute Gasteiger partial charge is 0.451 e. The van der Waals surface area contributed by atoms with Gasteiger partial charge in [0.25, 0.3) is 9.04 Å². The van der Waals surface area contributed by atoms with Gasteiger partial charge >= 0.3 is 6.18 Å². The van der Waals surface area contributed by atoms with E-state index in [-0.39, 0.29) is 23.3 Å². The molecule has 0 N–H and O–H groups in total. The molecule has 9 heteroatoms. The number of benzene rings is 2. The SMILES string of the molecule is CC(C)n1nc(-c2ccnc(C(F)(F)F)n2)cc1C1C2CC(O[Si](c3ccccc3)c3ccc(C(C)(C)C)cc3)CC21. The Morgan fingerprint density at radius 3 is 2.12 bits per heavy atom. The van der Waals surface area contributed by atoms with E-state index in [4.69, 9.17) is 9.52 Å². The fraction of sp³-hybridized carbons (Fsp3) is 0.424. The molecule has 2 unspecified atom stereocenters. The monoisotopic (exact) mass is 589 g/mol. The molecule has 2 aromatic heterocycles. The number of hydrogen-bond donors (Lipinski definition) is 0. The van der Waals surface area contributed by atoms with Crippen molar-refractivity contribution in [1.82, 2.24) is 19.7 Å². The van der Waals surface area contributed by atoms with E-state index >= 15 is 0 Å². The van der Waals surface area contributed by atoms with E-state index in [1.807, 2.05) is 30.7 Å². The van der Waals surface area contributed by atoms with Crippen LogP contribution in [0, 0.1) is 11.8 Å². The van der Waals surface area contributed by atoms with Crippen molar-refractivity contribution in [2.75, 3.05) is 0 Å². The van der Waals surface area contributed by atoms with Gasteiger partial charge in [-0.1, -0.05) is 75.4 Å². The highest BCUT2D eigenvalue weighted by Gasteiger charge is 2.58. The highest BCUT2D eigenvalue weighted by molar-refractivity contribution is 6.80. The second-order valence-corrected chi connectivity index (χ2v) is 14.9. The molecule has 1 radical (unpaired) electrons. The van der Waals surface area contributed by atoms with Crippen molar-refractivity contribution in [2.45, 2.75) is 77.1 Å². The molecule has 2 aliphatic carbocycles. The quantitative estimate of drug-likeness (QED) is 0.230. The predicted octanol–water partition coefficient (Wildman–Crippen LogP) is 6.55. The first-order chi connectivity index (χ1) is 19.9. The minimum Gasteiger partial charge on any atom is -0.404 e. The molecule has 0 bridgehead atoms. The highest BCUT2D eigenvalue weighted by Crippen LogP contribution is 2.64.